The molecule has 1 aliphatic carbocycles. The van der Waals surface area contributed by atoms with Crippen molar-refractivity contribution in [3.63, 3.8) is 0 Å². The lowest BCUT2D eigenvalue weighted by atomic mass is 9.76. The quantitative estimate of drug-likeness (QED) is 0.553. The first-order valence-electron chi connectivity index (χ1n) is 9.79. The number of para-hydroxylation sites is 1. The van der Waals surface area contributed by atoms with Crippen molar-refractivity contribution >= 4 is 17.2 Å². The third-order valence-corrected chi connectivity index (χ3v) is 5.11. The fourth-order valence-corrected chi connectivity index (χ4v) is 3.90. The van der Waals surface area contributed by atoms with Crippen molar-refractivity contribution in [1.29, 1.82) is 0 Å². The molecule has 0 unspecified atom stereocenters. The van der Waals surface area contributed by atoms with Crippen LogP contribution in [0.1, 0.15) is 36.3 Å². The van der Waals surface area contributed by atoms with E-state index in [-0.39, 0.29) is 16.9 Å². The summed E-state index contributed by atoms with van der Waals surface area (Å²) >= 11 is 0. The molecule has 1 aliphatic rings. The Morgan fingerprint density at radius 3 is 2.70 bits per heavy atom. The number of halogens is 2. The van der Waals surface area contributed by atoms with Crippen LogP contribution in [0.2, 0.25) is 0 Å². The van der Waals surface area contributed by atoms with Crippen LogP contribution in [0, 0.1) is 5.41 Å². The zero-order valence-electron chi connectivity index (χ0n) is 16.8. The number of fused-ring (bicyclic) bond motifs is 1. The second kappa shape index (κ2) is 7.89. The molecule has 0 saturated carbocycles. The number of aromatic amines is 1. The standard InChI is InChI=1S/C23H23F2N3O2/c1-23(2)10-16-20(17(29)11-23)22(27-14-6-4-3-5-7-14)21(28-16)15-8-9-26-12-18(15)30-13-19(24)25/h3-9,12,19,27-28H,10-11,13H2,1-2H3. The first-order chi connectivity index (χ1) is 14.3. The Balaban J connectivity index is 1.85. The molecule has 0 spiro atoms. The molecular weight excluding hydrogens is 388 g/mol. The van der Waals surface area contributed by atoms with Crippen LogP contribution < -0.4 is 10.1 Å². The van der Waals surface area contributed by atoms with Crippen molar-refractivity contribution in [1.82, 2.24) is 9.97 Å². The number of benzene rings is 1. The van der Waals surface area contributed by atoms with Crippen LogP contribution in [-0.2, 0) is 6.42 Å². The number of carbonyl (C=O) groups excluding carboxylic acids is 1. The van der Waals surface area contributed by atoms with Gasteiger partial charge in [-0.2, -0.15) is 0 Å². The fraction of sp³-hybridized carbons (Fsp3) is 0.304. The molecule has 0 bridgehead atoms. The number of rotatable bonds is 6. The number of nitrogens with one attached hydrogen (secondary N) is 2. The van der Waals surface area contributed by atoms with Gasteiger partial charge in [-0.25, -0.2) is 8.78 Å². The van der Waals surface area contributed by atoms with E-state index in [9.17, 15) is 13.6 Å². The highest BCUT2D eigenvalue weighted by atomic mass is 19.3. The number of hydrogen-bond acceptors (Lipinski definition) is 4. The molecule has 1 aromatic carbocycles. The van der Waals surface area contributed by atoms with Gasteiger partial charge in [-0.05, 0) is 30.0 Å². The van der Waals surface area contributed by atoms with E-state index in [0.717, 1.165) is 11.4 Å². The smallest absolute Gasteiger partial charge is 0.272 e. The predicted octanol–water partition coefficient (Wildman–Crippen LogP) is 5.62. The summed E-state index contributed by atoms with van der Waals surface area (Å²) < 4.78 is 30.8. The molecule has 2 N–H and O–H groups in total. The Hall–Kier alpha value is -3.22. The van der Waals surface area contributed by atoms with Gasteiger partial charge in [0.1, 0.15) is 12.4 Å². The molecule has 0 atom stereocenters. The van der Waals surface area contributed by atoms with Crippen molar-refractivity contribution in [2.45, 2.75) is 33.1 Å². The Kier molecular flexibility index (Phi) is 5.28. The van der Waals surface area contributed by atoms with Gasteiger partial charge in [-0.3, -0.25) is 9.78 Å². The zero-order valence-corrected chi connectivity index (χ0v) is 16.8. The molecule has 5 nitrogen and oxygen atoms in total. The minimum Gasteiger partial charge on any atom is -0.485 e. The number of pyridine rings is 1. The van der Waals surface area contributed by atoms with Gasteiger partial charge in [0.15, 0.2) is 5.78 Å². The maximum Gasteiger partial charge on any atom is 0.272 e. The molecule has 2 aromatic heterocycles. The van der Waals surface area contributed by atoms with E-state index in [0.29, 0.717) is 35.3 Å². The predicted molar refractivity (Wildman–Crippen MR) is 112 cm³/mol. The molecule has 7 heteroatoms. The molecule has 0 aliphatic heterocycles. The first kappa shape index (κ1) is 20.1. The number of ether oxygens (including phenoxy) is 1. The van der Waals surface area contributed by atoms with E-state index >= 15 is 0 Å². The van der Waals surface area contributed by atoms with Crippen molar-refractivity contribution in [2.24, 2.45) is 5.41 Å². The molecule has 0 saturated heterocycles. The van der Waals surface area contributed by atoms with Crippen molar-refractivity contribution in [3.05, 3.63) is 60.0 Å². The summed E-state index contributed by atoms with van der Waals surface area (Å²) in [7, 11) is 0. The molecule has 4 rings (SSSR count). The monoisotopic (exact) mass is 411 g/mol. The van der Waals surface area contributed by atoms with Gasteiger partial charge in [-0.15, -0.1) is 0 Å². The second-order valence-corrected chi connectivity index (χ2v) is 8.23. The summed E-state index contributed by atoms with van der Waals surface area (Å²) in [5.41, 5.74) is 3.94. The number of hydrogen-bond donors (Lipinski definition) is 2. The van der Waals surface area contributed by atoms with E-state index in [1.807, 2.05) is 30.3 Å². The maximum atomic E-state index is 13.1. The number of carbonyl (C=O) groups is 1. The van der Waals surface area contributed by atoms with E-state index in [1.165, 1.54) is 6.20 Å². The van der Waals surface area contributed by atoms with Crippen molar-refractivity contribution < 1.29 is 18.3 Å². The lowest BCUT2D eigenvalue weighted by Crippen LogP contribution is -2.26. The lowest BCUT2D eigenvalue weighted by Gasteiger charge is -2.28. The number of H-pyrrole nitrogens is 1. The van der Waals surface area contributed by atoms with Crippen LogP contribution >= 0.6 is 0 Å². The summed E-state index contributed by atoms with van der Waals surface area (Å²) in [6.45, 7) is 3.39. The van der Waals surface area contributed by atoms with E-state index < -0.39 is 13.0 Å². The average Bonchev–Trinajstić information content (AvgIpc) is 3.04. The van der Waals surface area contributed by atoms with Crippen LogP contribution in [0.3, 0.4) is 0 Å². The molecule has 0 amide bonds. The minimum absolute atomic E-state index is 0.0475. The summed E-state index contributed by atoms with van der Waals surface area (Å²) in [5, 5.41) is 3.35. The highest BCUT2D eigenvalue weighted by Crippen LogP contribution is 2.44. The molecule has 156 valence electrons. The van der Waals surface area contributed by atoms with E-state index in [2.05, 4.69) is 29.1 Å². The summed E-state index contributed by atoms with van der Waals surface area (Å²) in [6.07, 6.45) is 1.53. The molecule has 30 heavy (non-hydrogen) atoms. The number of nitrogens with zero attached hydrogens (tertiary/aromatic N) is 1. The second-order valence-electron chi connectivity index (χ2n) is 8.23. The maximum absolute atomic E-state index is 13.1. The molecule has 0 fully saturated rings. The molecule has 2 heterocycles. The average molecular weight is 411 g/mol. The van der Waals surface area contributed by atoms with Gasteiger partial charge < -0.3 is 15.0 Å². The number of aromatic nitrogens is 2. The highest BCUT2D eigenvalue weighted by Gasteiger charge is 2.36. The largest absolute Gasteiger partial charge is 0.485 e. The van der Waals surface area contributed by atoms with Crippen LogP contribution in [0.4, 0.5) is 20.2 Å². The van der Waals surface area contributed by atoms with Gasteiger partial charge in [0.25, 0.3) is 6.43 Å². The van der Waals surface area contributed by atoms with Crippen LogP contribution in [0.5, 0.6) is 5.75 Å². The van der Waals surface area contributed by atoms with Gasteiger partial charge >= 0.3 is 0 Å². The zero-order chi connectivity index (χ0) is 21.3. The van der Waals surface area contributed by atoms with Gasteiger partial charge in [0.05, 0.1) is 23.1 Å². The first-order valence-corrected chi connectivity index (χ1v) is 9.79. The van der Waals surface area contributed by atoms with Gasteiger partial charge in [-0.1, -0.05) is 32.0 Å². The minimum atomic E-state index is -2.60. The number of alkyl halides is 2. The van der Waals surface area contributed by atoms with E-state index in [1.54, 1.807) is 12.3 Å². The fourth-order valence-electron chi connectivity index (χ4n) is 3.90. The van der Waals surface area contributed by atoms with Gasteiger partial charge in [0, 0.05) is 29.6 Å². The number of anilines is 2. The Morgan fingerprint density at radius 1 is 1.20 bits per heavy atom. The Morgan fingerprint density at radius 2 is 1.97 bits per heavy atom. The number of ketones is 1. The summed E-state index contributed by atoms with van der Waals surface area (Å²) in [5.74, 6) is 0.283. The SMILES string of the molecule is CC1(C)CC(=O)c2c([nH]c(-c3ccncc3OCC(F)F)c2Nc2ccccc2)C1. The van der Waals surface area contributed by atoms with Gasteiger partial charge in [0.2, 0.25) is 0 Å². The third-order valence-electron chi connectivity index (χ3n) is 5.11. The van der Waals surface area contributed by atoms with Crippen molar-refractivity contribution in [2.75, 3.05) is 11.9 Å². The van der Waals surface area contributed by atoms with Crippen LogP contribution in [0.15, 0.2) is 48.8 Å². The Bertz CT molecular complexity index is 1060. The Labute approximate surface area is 173 Å². The molecular formula is C23H23F2N3O2. The normalized spacial score (nSPS) is 15.2. The van der Waals surface area contributed by atoms with Crippen LogP contribution in [0.25, 0.3) is 11.3 Å². The molecule has 3 aromatic rings. The van der Waals surface area contributed by atoms with Crippen LogP contribution in [-0.4, -0.2) is 28.8 Å². The summed E-state index contributed by atoms with van der Waals surface area (Å²) in [4.78, 5) is 20.4. The lowest BCUT2D eigenvalue weighted by molar-refractivity contribution is 0.0820. The van der Waals surface area contributed by atoms with Crippen molar-refractivity contribution in [3.8, 4) is 17.0 Å². The highest BCUT2D eigenvalue weighted by molar-refractivity contribution is 6.08. The summed E-state index contributed by atoms with van der Waals surface area (Å²) in [6, 6.07) is 11.2. The molecule has 0 radical (unpaired) electrons. The number of Topliss-reactive ketones (excluding diaryl/α,β-unsaturated/α-hetero) is 1. The van der Waals surface area contributed by atoms with E-state index in [4.69, 9.17) is 4.74 Å². The third kappa shape index (κ3) is 4.06. The topological polar surface area (TPSA) is 67.0 Å².